The fraction of sp³-hybridized carbons (Fsp3) is 0. The van der Waals surface area contributed by atoms with Gasteiger partial charge >= 0.3 is 0 Å². The third kappa shape index (κ3) is 1.72. The Morgan fingerprint density at radius 1 is 1.29 bits per heavy atom. The number of hydrogen-bond donors (Lipinski definition) is 0. The molecule has 0 atom stereocenters. The zero-order valence-corrected chi connectivity index (χ0v) is 8.68. The molecule has 14 heavy (non-hydrogen) atoms. The molecule has 2 rings (SSSR count). The number of rotatable bonds is 1. The van der Waals surface area contributed by atoms with Crippen LogP contribution >= 0.6 is 15.9 Å². The third-order valence-electron chi connectivity index (χ3n) is 1.69. The molecule has 1 heterocycles. The highest BCUT2D eigenvalue weighted by molar-refractivity contribution is 9.10. The Kier molecular flexibility index (Phi) is 2.41. The van der Waals surface area contributed by atoms with Gasteiger partial charge in [0.1, 0.15) is 6.33 Å². The van der Waals surface area contributed by atoms with Crippen molar-refractivity contribution in [2.24, 2.45) is 0 Å². The monoisotopic (exact) mass is 251 g/mol. The summed E-state index contributed by atoms with van der Waals surface area (Å²) < 4.78 is 1.60. The Balaban J connectivity index is 2.34. The topological polar surface area (TPSA) is 47.8 Å². The first-order chi connectivity index (χ1) is 6.77. The number of halogens is 1. The quantitative estimate of drug-likeness (QED) is 0.776. The van der Waals surface area contributed by atoms with Gasteiger partial charge in [0, 0.05) is 5.56 Å². The molecule has 0 fully saturated rings. The van der Waals surface area contributed by atoms with Crippen LogP contribution in [0.2, 0.25) is 0 Å². The van der Waals surface area contributed by atoms with E-state index in [-0.39, 0.29) is 5.91 Å². The molecule has 0 spiro atoms. The lowest BCUT2D eigenvalue weighted by Gasteiger charge is -1.97. The number of benzene rings is 1. The Morgan fingerprint density at radius 2 is 2.00 bits per heavy atom. The zero-order chi connectivity index (χ0) is 9.97. The lowest BCUT2D eigenvalue weighted by atomic mass is 10.2. The molecule has 0 bridgehead atoms. The molecular formula is C9H6BrN3O. The molecule has 0 aliphatic carbocycles. The van der Waals surface area contributed by atoms with Crippen LogP contribution in [0.15, 0.2) is 41.4 Å². The van der Waals surface area contributed by atoms with Crippen molar-refractivity contribution in [2.75, 3.05) is 0 Å². The summed E-state index contributed by atoms with van der Waals surface area (Å²) in [7, 11) is 0. The fourth-order valence-electron chi connectivity index (χ4n) is 1.05. The van der Waals surface area contributed by atoms with Crippen LogP contribution < -0.4 is 0 Å². The van der Waals surface area contributed by atoms with Crippen LogP contribution in [0.4, 0.5) is 0 Å². The van der Waals surface area contributed by atoms with Crippen molar-refractivity contribution in [3.63, 3.8) is 0 Å². The van der Waals surface area contributed by atoms with Crippen molar-refractivity contribution in [2.45, 2.75) is 0 Å². The van der Waals surface area contributed by atoms with E-state index in [1.807, 2.05) is 6.07 Å². The SMILES string of the molecule is O=C(c1ccccc1)n1cnc(Br)n1. The first-order valence-corrected chi connectivity index (χ1v) is 4.73. The van der Waals surface area contributed by atoms with Crippen LogP contribution in [0, 0.1) is 0 Å². The lowest BCUT2D eigenvalue weighted by Crippen LogP contribution is -2.12. The second-order valence-corrected chi connectivity index (χ2v) is 3.34. The summed E-state index contributed by atoms with van der Waals surface area (Å²) in [6, 6.07) is 8.93. The van der Waals surface area contributed by atoms with Gasteiger partial charge in [0.15, 0.2) is 0 Å². The average molecular weight is 252 g/mol. The van der Waals surface area contributed by atoms with Crippen molar-refractivity contribution in [1.29, 1.82) is 0 Å². The van der Waals surface area contributed by atoms with Crippen LogP contribution in [-0.4, -0.2) is 20.7 Å². The fourth-order valence-corrected chi connectivity index (χ4v) is 1.32. The number of aromatic nitrogens is 3. The predicted octanol–water partition coefficient (Wildman–Crippen LogP) is 1.73. The van der Waals surface area contributed by atoms with Crippen LogP contribution in [0.3, 0.4) is 0 Å². The van der Waals surface area contributed by atoms with E-state index in [1.54, 1.807) is 24.3 Å². The molecule has 0 saturated carbocycles. The summed E-state index contributed by atoms with van der Waals surface area (Å²) >= 11 is 3.08. The maximum Gasteiger partial charge on any atom is 0.279 e. The van der Waals surface area contributed by atoms with E-state index in [0.717, 1.165) is 0 Å². The van der Waals surface area contributed by atoms with Crippen molar-refractivity contribution in [3.8, 4) is 0 Å². The Labute approximate surface area is 88.7 Å². The van der Waals surface area contributed by atoms with Crippen LogP contribution in [-0.2, 0) is 0 Å². The molecule has 1 aromatic heterocycles. The molecule has 70 valence electrons. The first kappa shape index (κ1) is 9.08. The van der Waals surface area contributed by atoms with Crippen molar-refractivity contribution in [3.05, 3.63) is 47.0 Å². The zero-order valence-electron chi connectivity index (χ0n) is 7.09. The van der Waals surface area contributed by atoms with Gasteiger partial charge in [-0.1, -0.05) is 18.2 Å². The predicted molar refractivity (Wildman–Crippen MR) is 53.9 cm³/mol. The highest BCUT2D eigenvalue weighted by Crippen LogP contribution is 2.04. The standard InChI is InChI=1S/C9H6BrN3O/c10-9-11-6-13(12-9)8(14)7-4-2-1-3-5-7/h1-6H. The third-order valence-corrected chi connectivity index (χ3v) is 2.06. The Hall–Kier alpha value is -1.49. The maximum atomic E-state index is 11.7. The van der Waals surface area contributed by atoms with Crippen molar-refractivity contribution < 1.29 is 4.79 Å². The Morgan fingerprint density at radius 3 is 2.57 bits per heavy atom. The van der Waals surface area contributed by atoms with Gasteiger partial charge in [0.05, 0.1) is 0 Å². The second-order valence-electron chi connectivity index (χ2n) is 2.63. The van der Waals surface area contributed by atoms with E-state index < -0.39 is 0 Å². The molecule has 0 aliphatic rings. The molecule has 1 aromatic carbocycles. The van der Waals surface area contributed by atoms with Crippen molar-refractivity contribution >= 4 is 21.8 Å². The van der Waals surface area contributed by atoms with Crippen LogP contribution in [0.25, 0.3) is 0 Å². The van der Waals surface area contributed by atoms with Gasteiger partial charge in [-0.05, 0) is 28.1 Å². The van der Waals surface area contributed by atoms with Crippen LogP contribution in [0.1, 0.15) is 10.4 Å². The molecule has 2 aromatic rings. The molecule has 0 aliphatic heterocycles. The minimum absolute atomic E-state index is 0.191. The number of hydrogen-bond acceptors (Lipinski definition) is 3. The van der Waals surface area contributed by atoms with Crippen molar-refractivity contribution in [1.82, 2.24) is 14.8 Å². The molecule has 4 nitrogen and oxygen atoms in total. The highest BCUT2D eigenvalue weighted by atomic mass is 79.9. The van der Waals surface area contributed by atoms with Gasteiger partial charge in [-0.2, -0.15) is 4.68 Å². The van der Waals surface area contributed by atoms with Gasteiger partial charge in [0.25, 0.3) is 5.91 Å². The molecule has 0 unspecified atom stereocenters. The smallest absolute Gasteiger partial charge is 0.267 e. The largest absolute Gasteiger partial charge is 0.279 e. The Bertz CT molecular complexity index is 452. The van der Waals surface area contributed by atoms with Gasteiger partial charge in [-0.15, -0.1) is 5.10 Å². The average Bonchev–Trinajstić information content (AvgIpc) is 2.65. The molecule has 0 N–H and O–H groups in total. The maximum absolute atomic E-state index is 11.7. The summed E-state index contributed by atoms with van der Waals surface area (Å²) in [6.45, 7) is 0. The van der Waals surface area contributed by atoms with E-state index in [9.17, 15) is 4.79 Å². The number of carbonyl (C=O) groups is 1. The summed E-state index contributed by atoms with van der Waals surface area (Å²) in [5.41, 5.74) is 0.588. The van der Waals surface area contributed by atoms with E-state index in [2.05, 4.69) is 26.0 Å². The van der Waals surface area contributed by atoms with Gasteiger partial charge in [0.2, 0.25) is 4.73 Å². The second kappa shape index (κ2) is 3.71. The summed E-state index contributed by atoms with van der Waals surface area (Å²) in [6.07, 6.45) is 1.37. The van der Waals surface area contributed by atoms with E-state index >= 15 is 0 Å². The molecule has 0 amide bonds. The highest BCUT2D eigenvalue weighted by Gasteiger charge is 2.08. The van der Waals surface area contributed by atoms with Gasteiger partial charge in [-0.25, -0.2) is 4.98 Å². The van der Waals surface area contributed by atoms with E-state index in [4.69, 9.17) is 0 Å². The summed E-state index contributed by atoms with van der Waals surface area (Å²) in [4.78, 5) is 15.5. The first-order valence-electron chi connectivity index (χ1n) is 3.94. The molecule has 5 heteroatoms. The number of carbonyl (C=O) groups excluding carboxylic acids is 1. The summed E-state index contributed by atoms with van der Waals surface area (Å²) in [5, 5.41) is 3.86. The van der Waals surface area contributed by atoms with Crippen LogP contribution in [0.5, 0.6) is 0 Å². The van der Waals surface area contributed by atoms with E-state index in [1.165, 1.54) is 11.0 Å². The van der Waals surface area contributed by atoms with E-state index in [0.29, 0.717) is 10.3 Å². The van der Waals surface area contributed by atoms with Gasteiger partial charge in [-0.3, -0.25) is 4.79 Å². The normalized spacial score (nSPS) is 10.1. The number of nitrogens with zero attached hydrogens (tertiary/aromatic N) is 3. The minimum atomic E-state index is -0.191. The van der Waals surface area contributed by atoms with Gasteiger partial charge < -0.3 is 0 Å². The summed E-state index contributed by atoms with van der Waals surface area (Å²) in [5.74, 6) is -0.191. The molecule has 0 saturated heterocycles. The lowest BCUT2D eigenvalue weighted by molar-refractivity contribution is 0.0944. The molecular weight excluding hydrogens is 246 g/mol. The minimum Gasteiger partial charge on any atom is -0.267 e. The molecule has 0 radical (unpaired) electrons.